The summed E-state index contributed by atoms with van der Waals surface area (Å²) in [6, 6.07) is 14.4. The van der Waals surface area contributed by atoms with E-state index in [1.807, 2.05) is 12.1 Å². The summed E-state index contributed by atoms with van der Waals surface area (Å²) in [6.45, 7) is 0.498. The van der Waals surface area contributed by atoms with Gasteiger partial charge in [0.05, 0.1) is 0 Å². The molecule has 0 spiro atoms. The van der Waals surface area contributed by atoms with E-state index in [9.17, 15) is 0 Å². The molecule has 0 radical (unpaired) electrons. The van der Waals surface area contributed by atoms with Crippen LogP contribution in [0.25, 0.3) is 21.2 Å². The van der Waals surface area contributed by atoms with Crippen molar-refractivity contribution < 1.29 is 0 Å². The van der Waals surface area contributed by atoms with Crippen molar-refractivity contribution in [3.8, 4) is 11.1 Å². The number of halogens is 1. The molecular formula is C15H12ClNS. The van der Waals surface area contributed by atoms with Crippen molar-refractivity contribution >= 4 is 33.0 Å². The lowest BCUT2D eigenvalue weighted by Gasteiger charge is -2.09. The smallest absolute Gasteiger partial charge is 0.0421 e. The highest BCUT2D eigenvalue weighted by atomic mass is 35.5. The van der Waals surface area contributed by atoms with Gasteiger partial charge in [0.15, 0.2) is 0 Å². The number of nitrogens with two attached hydrogens (primary N) is 1. The zero-order valence-corrected chi connectivity index (χ0v) is 11.3. The van der Waals surface area contributed by atoms with E-state index in [0.717, 1.165) is 10.6 Å². The van der Waals surface area contributed by atoms with Gasteiger partial charge in [-0.15, -0.1) is 11.3 Å². The minimum Gasteiger partial charge on any atom is -0.326 e. The normalized spacial score (nSPS) is 11.0. The van der Waals surface area contributed by atoms with Crippen molar-refractivity contribution in [2.75, 3.05) is 0 Å². The van der Waals surface area contributed by atoms with Crippen molar-refractivity contribution in [3.05, 3.63) is 58.4 Å². The Morgan fingerprint density at radius 2 is 1.94 bits per heavy atom. The van der Waals surface area contributed by atoms with E-state index in [-0.39, 0.29) is 0 Å². The Bertz CT molecular complexity index is 703. The van der Waals surface area contributed by atoms with Crippen LogP contribution in [0.5, 0.6) is 0 Å². The van der Waals surface area contributed by atoms with Gasteiger partial charge in [-0.25, -0.2) is 0 Å². The lowest BCUT2D eigenvalue weighted by molar-refractivity contribution is 1.07. The fraction of sp³-hybridized carbons (Fsp3) is 0.0667. The van der Waals surface area contributed by atoms with Crippen LogP contribution >= 0.6 is 22.9 Å². The van der Waals surface area contributed by atoms with Gasteiger partial charge >= 0.3 is 0 Å². The molecule has 0 unspecified atom stereocenters. The summed E-state index contributed by atoms with van der Waals surface area (Å²) < 4.78 is 1.30. The largest absolute Gasteiger partial charge is 0.326 e. The molecule has 0 bridgehead atoms. The van der Waals surface area contributed by atoms with Crippen molar-refractivity contribution in [2.45, 2.75) is 6.54 Å². The zero-order valence-electron chi connectivity index (χ0n) is 9.69. The SMILES string of the molecule is NCc1cc(Cl)ccc1-c1cccc2ccsc12. The summed E-state index contributed by atoms with van der Waals surface area (Å²) >= 11 is 7.79. The van der Waals surface area contributed by atoms with Crippen LogP contribution in [-0.2, 0) is 6.54 Å². The van der Waals surface area contributed by atoms with Crippen LogP contribution < -0.4 is 5.73 Å². The molecule has 2 aromatic carbocycles. The number of hydrogen-bond donors (Lipinski definition) is 1. The van der Waals surface area contributed by atoms with E-state index in [0.29, 0.717) is 6.54 Å². The summed E-state index contributed by atoms with van der Waals surface area (Å²) in [5.41, 5.74) is 9.32. The van der Waals surface area contributed by atoms with E-state index >= 15 is 0 Å². The van der Waals surface area contributed by atoms with Crippen LogP contribution in [0.1, 0.15) is 5.56 Å². The van der Waals surface area contributed by atoms with Gasteiger partial charge in [-0.2, -0.15) is 0 Å². The Balaban J connectivity index is 2.29. The second-order valence-corrected chi connectivity index (χ2v) is 5.50. The molecule has 0 amide bonds. The van der Waals surface area contributed by atoms with Gasteiger partial charge in [-0.3, -0.25) is 0 Å². The van der Waals surface area contributed by atoms with Crippen LogP contribution in [0.2, 0.25) is 5.02 Å². The third kappa shape index (κ3) is 1.93. The van der Waals surface area contributed by atoms with Crippen molar-refractivity contribution in [1.29, 1.82) is 0 Å². The second-order valence-electron chi connectivity index (χ2n) is 4.15. The summed E-state index contributed by atoms with van der Waals surface area (Å²) in [6.07, 6.45) is 0. The Labute approximate surface area is 115 Å². The molecule has 0 aliphatic carbocycles. The zero-order chi connectivity index (χ0) is 12.5. The van der Waals surface area contributed by atoms with Gasteiger partial charge in [0.2, 0.25) is 0 Å². The molecule has 0 fully saturated rings. The molecule has 1 heterocycles. The van der Waals surface area contributed by atoms with Crippen LogP contribution in [0.4, 0.5) is 0 Å². The minimum absolute atomic E-state index is 0.498. The monoisotopic (exact) mass is 273 g/mol. The summed E-state index contributed by atoms with van der Waals surface area (Å²) in [4.78, 5) is 0. The highest BCUT2D eigenvalue weighted by Gasteiger charge is 2.09. The Hall–Kier alpha value is -1.35. The number of rotatable bonds is 2. The van der Waals surface area contributed by atoms with E-state index in [4.69, 9.17) is 17.3 Å². The predicted molar refractivity (Wildman–Crippen MR) is 80.2 cm³/mol. The quantitative estimate of drug-likeness (QED) is 0.721. The maximum atomic E-state index is 6.03. The maximum Gasteiger partial charge on any atom is 0.0421 e. The molecule has 0 atom stereocenters. The predicted octanol–water partition coefficient (Wildman–Crippen LogP) is 4.68. The van der Waals surface area contributed by atoms with Gasteiger partial charge in [-0.1, -0.05) is 35.9 Å². The average Bonchev–Trinajstić information content (AvgIpc) is 2.86. The lowest BCUT2D eigenvalue weighted by Crippen LogP contribution is -1.98. The van der Waals surface area contributed by atoms with Gasteiger partial charge in [0, 0.05) is 16.3 Å². The fourth-order valence-corrected chi connectivity index (χ4v) is 3.32. The molecule has 90 valence electrons. The third-order valence-electron chi connectivity index (χ3n) is 3.06. The molecular weight excluding hydrogens is 262 g/mol. The standard InChI is InChI=1S/C15H12ClNS/c16-12-4-5-13(11(8-12)9-17)14-3-1-2-10-6-7-18-15(10)14/h1-8H,9,17H2. The molecule has 3 rings (SSSR count). The first-order valence-electron chi connectivity index (χ1n) is 5.74. The Morgan fingerprint density at radius 1 is 1.06 bits per heavy atom. The number of benzene rings is 2. The molecule has 18 heavy (non-hydrogen) atoms. The highest BCUT2D eigenvalue weighted by Crippen LogP contribution is 2.35. The topological polar surface area (TPSA) is 26.0 Å². The highest BCUT2D eigenvalue weighted by molar-refractivity contribution is 7.17. The molecule has 1 nitrogen and oxygen atoms in total. The first kappa shape index (κ1) is 11.7. The van der Waals surface area contributed by atoms with Gasteiger partial charge in [-0.05, 0) is 45.7 Å². The molecule has 0 saturated heterocycles. The minimum atomic E-state index is 0.498. The van der Waals surface area contributed by atoms with Crippen LogP contribution in [0.3, 0.4) is 0 Å². The Morgan fingerprint density at radius 3 is 2.78 bits per heavy atom. The average molecular weight is 274 g/mol. The first-order chi connectivity index (χ1) is 8.79. The molecule has 3 heteroatoms. The van der Waals surface area contributed by atoms with E-state index < -0.39 is 0 Å². The summed E-state index contributed by atoms with van der Waals surface area (Å²) in [5, 5.41) is 4.12. The number of hydrogen-bond acceptors (Lipinski definition) is 2. The fourth-order valence-electron chi connectivity index (χ4n) is 2.20. The Kier molecular flexibility index (Phi) is 3.08. The van der Waals surface area contributed by atoms with Crippen molar-refractivity contribution in [1.82, 2.24) is 0 Å². The van der Waals surface area contributed by atoms with Crippen molar-refractivity contribution in [2.24, 2.45) is 5.73 Å². The van der Waals surface area contributed by atoms with Crippen molar-refractivity contribution in [3.63, 3.8) is 0 Å². The molecule has 0 aliphatic heterocycles. The molecule has 2 N–H and O–H groups in total. The van der Waals surface area contributed by atoms with Crippen LogP contribution in [-0.4, -0.2) is 0 Å². The van der Waals surface area contributed by atoms with Crippen LogP contribution in [0, 0.1) is 0 Å². The molecule has 0 aliphatic rings. The maximum absolute atomic E-state index is 6.03. The van der Waals surface area contributed by atoms with Gasteiger partial charge in [0.1, 0.15) is 0 Å². The summed E-state index contributed by atoms with van der Waals surface area (Å²) in [5.74, 6) is 0. The van der Waals surface area contributed by atoms with E-state index in [2.05, 4.69) is 35.7 Å². The van der Waals surface area contributed by atoms with Crippen LogP contribution in [0.15, 0.2) is 47.8 Å². The second kappa shape index (κ2) is 4.73. The molecule has 1 aromatic heterocycles. The summed E-state index contributed by atoms with van der Waals surface area (Å²) in [7, 11) is 0. The molecule has 0 saturated carbocycles. The van der Waals surface area contributed by atoms with Gasteiger partial charge < -0.3 is 5.73 Å². The third-order valence-corrected chi connectivity index (χ3v) is 4.25. The lowest BCUT2D eigenvalue weighted by atomic mass is 9.99. The molecule has 3 aromatic rings. The van der Waals surface area contributed by atoms with E-state index in [1.165, 1.54) is 21.2 Å². The number of thiophene rings is 1. The first-order valence-corrected chi connectivity index (χ1v) is 7.00. The number of fused-ring (bicyclic) bond motifs is 1. The van der Waals surface area contributed by atoms with E-state index in [1.54, 1.807) is 11.3 Å². The van der Waals surface area contributed by atoms with Gasteiger partial charge in [0.25, 0.3) is 0 Å².